The molecule has 0 unspecified atom stereocenters. The second kappa shape index (κ2) is 4.46. The Hall–Kier alpha value is -0.800. The van der Waals surface area contributed by atoms with Crippen molar-refractivity contribution in [1.29, 1.82) is 0 Å². The predicted molar refractivity (Wildman–Crippen MR) is 75.5 cm³/mol. The number of benzene rings is 1. The van der Waals surface area contributed by atoms with Crippen LogP contribution in [0.1, 0.15) is 24.1 Å². The molecule has 1 aromatic carbocycles. The minimum absolute atomic E-state index is 0.798. The van der Waals surface area contributed by atoms with Crippen LogP contribution in [0, 0.1) is 6.92 Å². The fraction of sp³-hybridized carbons (Fsp3) is 0.429. The molecule has 2 N–H and O–H groups in total. The van der Waals surface area contributed by atoms with Crippen molar-refractivity contribution in [2.75, 3.05) is 6.54 Å². The van der Waals surface area contributed by atoms with Crippen LogP contribution in [0.2, 0.25) is 0 Å². The number of hydrogen-bond acceptors (Lipinski definition) is 1. The van der Waals surface area contributed by atoms with E-state index in [1.807, 2.05) is 0 Å². The van der Waals surface area contributed by atoms with Crippen LogP contribution < -0.4 is 5.32 Å². The van der Waals surface area contributed by atoms with Crippen LogP contribution in [0.25, 0.3) is 10.9 Å². The molecular weight excluding hydrogens is 276 g/mol. The predicted octanol–water partition coefficient (Wildman–Crippen LogP) is 3.53. The van der Waals surface area contributed by atoms with Crippen LogP contribution in [0.5, 0.6) is 0 Å². The highest BCUT2D eigenvalue weighted by molar-refractivity contribution is 9.10. The van der Waals surface area contributed by atoms with Gasteiger partial charge in [0.2, 0.25) is 0 Å². The highest BCUT2D eigenvalue weighted by atomic mass is 79.9. The topological polar surface area (TPSA) is 27.8 Å². The van der Waals surface area contributed by atoms with Gasteiger partial charge in [-0.15, -0.1) is 0 Å². The van der Waals surface area contributed by atoms with Gasteiger partial charge in [0.05, 0.1) is 0 Å². The average molecular weight is 293 g/mol. The van der Waals surface area contributed by atoms with E-state index in [-0.39, 0.29) is 0 Å². The van der Waals surface area contributed by atoms with Crippen LogP contribution >= 0.6 is 15.9 Å². The number of rotatable bonds is 4. The number of nitrogens with one attached hydrogen (secondary N) is 2. The molecule has 1 aromatic heterocycles. The first kappa shape index (κ1) is 11.3. The van der Waals surface area contributed by atoms with Crippen molar-refractivity contribution in [1.82, 2.24) is 10.3 Å². The van der Waals surface area contributed by atoms with Crippen molar-refractivity contribution in [2.45, 2.75) is 32.2 Å². The first-order valence-electron chi connectivity index (χ1n) is 6.24. The van der Waals surface area contributed by atoms with Crippen LogP contribution in [-0.4, -0.2) is 17.6 Å². The van der Waals surface area contributed by atoms with Crippen LogP contribution in [-0.2, 0) is 6.42 Å². The standard InChI is InChI=1S/C14H17BrN2/c1-9-12(6-7-16-11-3-4-11)13-8-10(15)2-5-14(13)17-9/h2,5,8,11,16-17H,3-4,6-7H2,1H3. The number of aryl methyl sites for hydroxylation is 1. The summed E-state index contributed by atoms with van der Waals surface area (Å²) in [6.45, 7) is 3.26. The van der Waals surface area contributed by atoms with Crippen molar-refractivity contribution in [2.24, 2.45) is 0 Å². The molecule has 0 spiro atoms. The van der Waals surface area contributed by atoms with Crippen molar-refractivity contribution in [3.8, 4) is 0 Å². The van der Waals surface area contributed by atoms with Crippen molar-refractivity contribution in [3.63, 3.8) is 0 Å². The molecule has 3 rings (SSSR count). The maximum Gasteiger partial charge on any atom is 0.0459 e. The number of aromatic nitrogens is 1. The Morgan fingerprint density at radius 1 is 1.41 bits per heavy atom. The van der Waals surface area contributed by atoms with E-state index in [0.29, 0.717) is 0 Å². The van der Waals surface area contributed by atoms with Gasteiger partial charge in [-0.2, -0.15) is 0 Å². The molecular formula is C14H17BrN2. The van der Waals surface area contributed by atoms with Crippen LogP contribution in [0.4, 0.5) is 0 Å². The summed E-state index contributed by atoms with van der Waals surface area (Å²) >= 11 is 3.55. The highest BCUT2D eigenvalue weighted by Gasteiger charge is 2.20. The van der Waals surface area contributed by atoms with Crippen molar-refractivity contribution in [3.05, 3.63) is 33.9 Å². The van der Waals surface area contributed by atoms with E-state index in [0.717, 1.165) is 23.5 Å². The third-order valence-corrected chi connectivity index (χ3v) is 3.96. The molecule has 17 heavy (non-hydrogen) atoms. The smallest absolute Gasteiger partial charge is 0.0459 e. The van der Waals surface area contributed by atoms with E-state index < -0.39 is 0 Å². The van der Waals surface area contributed by atoms with Gasteiger partial charge in [0, 0.05) is 27.1 Å². The van der Waals surface area contributed by atoms with Gasteiger partial charge < -0.3 is 10.3 Å². The molecule has 3 heteroatoms. The Bertz CT molecular complexity index is 540. The lowest BCUT2D eigenvalue weighted by atomic mass is 10.1. The lowest BCUT2D eigenvalue weighted by molar-refractivity contribution is 0.682. The highest BCUT2D eigenvalue weighted by Crippen LogP contribution is 2.26. The summed E-state index contributed by atoms with van der Waals surface area (Å²) in [7, 11) is 0. The summed E-state index contributed by atoms with van der Waals surface area (Å²) in [6, 6.07) is 7.24. The summed E-state index contributed by atoms with van der Waals surface area (Å²) in [5.74, 6) is 0. The monoisotopic (exact) mass is 292 g/mol. The summed E-state index contributed by atoms with van der Waals surface area (Å²) < 4.78 is 1.15. The summed E-state index contributed by atoms with van der Waals surface area (Å²) in [6.07, 6.45) is 3.83. The molecule has 2 aromatic rings. The lowest BCUT2D eigenvalue weighted by Crippen LogP contribution is -2.19. The largest absolute Gasteiger partial charge is 0.358 e. The van der Waals surface area contributed by atoms with Gasteiger partial charge in [-0.1, -0.05) is 15.9 Å². The zero-order valence-electron chi connectivity index (χ0n) is 10.0. The molecule has 0 aliphatic heterocycles. The number of hydrogen-bond donors (Lipinski definition) is 2. The minimum atomic E-state index is 0.798. The van der Waals surface area contributed by atoms with E-state index in [2.05, 4.69) is 51.4 Å². The molecule has 1 aliphatic carbocycles. The van der Waals surface area contributed by atoms with E-state index in [1.54, 1.807) is 0 Å². The zero-order chi connectivity index (χ0) is 11.8. The normalized spacial score (nSPS) is 15.6. The Balaban J connectivity index is 1.84. The Morgan fingerprint density at radius 3 is 3.00 bits per heavy atom. The third-order valence-electron chi connectivity index (χ3n) is 3.47. The average Bonchev–Trinajstić information content (AvgIpc) is 3.06. The molecule has 1 fully saturated rings. The van der Waals surface area contributed by atoms with E-state index in [4.69, 9.17) is 0 Å². The van der Waals surface area contributed by atoms with Gasteiger partial charge in [0.15, 0.2) is 0 Å². The van der Waals surface area contributed by atoms with Crippen LogP contribution in [0.3, 0.4) is 0 Å². The number of H-pyrrole nitrogens is 1. The van der Waals surface area contributed by atoms with E-state index >= 15 is 0 Å². The molecule has 0 bridgehead atoms. The fourth-order valence-corrected chi connectivity index (χ4v) is 2.73. The quantitative estimate of drug-likeness (QED) is 0.886. The zero-order valence-corrected chi connectivity index (χ0v) is 11.6. The molecule has 0 atom stereocenters. The van der Waals surface area contributed by atoms with Gasteiger partial charge in [0.1, 0.15) is 0 Å². The Labute approximate surface area is 110 Å². The number of aromatic amines is 1. The first-order valence-corrected chi connectivity index (χ1v) is 7.03. The van der Waals surface area contributed by atoms with E-state index in [1.165, 1.54) is 35.0 Å². The van der Waals surface area contributed by atoms with Gasteiger partial charge >= 0.3 is 0 Å². The molecule has 1 aliphatic rings. The van der Waals surface area contributed by atoms with Gasteiger partial charge in [-0.05, 0) is 56.5 Å². The Kier molecular flexibility index (Phi) is 2.97. The SMILES string of the molecule is Cc1[nH]c2ccc(Br)cc2c1CCNC1CC1. The number of fused-ring (bicyclic) bond motifs is 1. The summed E-state index contributed by atoms with van der Waals surface area (Å²) in [5.41, 5.74) is 4.00. The second-order valence-electron chi connectivity index (χ2n) is 4.90. The van der Waals surface area contributed by atoms with Gasteiger partial charge in [-0.25, -0.2) is 0 Å². The first-order chi connectivity index (χ1) is 8.24. The summed E-state index contributed by atoms with van der Waals surface area (Å²) in [4.78, 5) is 3.46. The molecule has 0 saturated heterocycles. The maximum atomic E-state index is 3.58. The van der Waals surface area contributed by atoms with Gasteiger partial charge in [-0.3, -0.25) is 0 Å². The molecule has 1 heterocycles. The third kappa shape index (κ3) is 2.40. The molecule has 0 radical (unpaired) electrons. The Morgan fingerprint density at radius 2 is 2.24 bits per heavy atom. The molecule has 0 amide bonds. The second-order valence-corrected chi connectivity index (χ2v) is 5.81. The minimum Gasteiger partial charge on any atom is -0.358 e. The number of halogens is 1. The van der Waals surface area contributed by atoms with Crippen molar-refractivity contribution < 1.29 is 0 Å². The molecule has 90 valence electrons. The molecule has 1 saturated carbocycles. The maximum absolute atomic E-state index is 3.58. The van der Waals surface area contributed by atoms with Crippen molar-refractivity contribution >= 4 is 26.8 Å². The summed E-state index contributed by atoms with van der Waals surface area (Å²) in [5, 5.41) is 4.93. The molecule has 2 nitrogen and oxygen atoms in total. The van der Waals surface area contributed by atoms with E-state index in [9.17, 15) is 0 Å². The van der Waals surface area contributed by atoms with Gasteiger partial charge in [0.25, 0.3) is 0 Å². The van der Waals surface area contributed by atoms with Crippen LogP contribution in [0.15, 0.2) is 22.7 Å². The fourth-order valence-electron chi connectivity index (χ4n) is 2.37. The lowest BCUT2D eigenvalue weighted by Gasteiger charge is -2.03.